The average Bonchev–Trinajstić information content (AvgIpc) is 2.76. The zero-order valence-corrected chi connectivity index (χ0v) is 8.12. The molecule has 0 amide bonds. The molecule has 0 atom stereocenters. The van der Waals surface area contributed by atoms with Gasteiger partial charge in [-0.05, 0) is 12.8 Å². The average molecular weight is 208 g/mol. The first-order chi connectivity index (χ1) is 6.74. The summed E-state index contributed by atoms with van der Waals surface area (Å²) in [6.45, 7) is 0. The standard InChI is InChI=1S/C9H8N2O2S/c12-8(13)7-4-11-3-6(5-1-2-5)10-9(11)14-7/h3-5H,1-2H2,(H,12,13). The quantitative estimate of drug-likeness (QED) is 0.820. The second kappa shape index (κ2) is 2.57. The van der Waals surface area contributed by atoms with Crippen LogP contribution in [0.4, 0.5) is 0 Å². The molecule has 14 heavy (non-hydrogen) atoms. The predicted molar refractivity (Wildman–Crippen MR) is 52.0 cm³/mol. The largest absolute Gasteiger partial charge is 0.477 e. The second-order valence-electron chi connectivity index (χ2n) is 3.53. The molecule has 0 radical (unpaired) electrons. The van der Waals surface area contributed by atoms with E-state index in [-0.39, 0.29) is 0 Å². The number of fused-ring (bicyclic) bond motifs is 1. The lowest BCUT2D eigenvalue weighted by Crippen LogP contribution is -1.90. The third kappa shape index (κ3) is 1.13. The fraction of sp³-hybridized carbons (Fsp3) is 0.333. The summed E-state index contributed by atoms with van der Waals surface area (Å²) >= 11 is 1.22. The van der Waals surface area contributed by atoms with E-state index in [1.54, 1.807) is 6.20 Å². The summed E-state index contributed by atoms with van der Waals surface area (Å²) in [4.78, 5) is 16.2. The highest BCUT2D eigenvalue weighted by Gasteiger charge is 2.26. The molecule has 0 saturated heterocycles. The van der Waals surface area contributed by atoms with Crippen molar-refractivity contribution in [1.29, 1.82) is 0 Å². The third-order valence-electron chi connectivity index (χ3n) is 2.38. The number of hydrogen-bond acceptors (Lipinski definition) is 3. The molecule has 1 N–H and O–H groups in total. The number of carboxylic acid groups (broad SMARTS) is 1. The van der Waals surface area contributed by atoms with Gasteiger partial charge in [-0.3, -0.25) is 4.40 Å². The fourth-order valence-electron chi connectivity index (χ4n) is 1.49. The fourth-order valence-corrected chi connectivity index (χ4v) is 2.30. The molecule has 1 saturated carbocycles. The van der Waals surface area contributed by atoms with Gasteiger partial charge < -0.3 is 5.11 Å². The number of thiazole rings is 1. The first-order valence-corrected chi connectivity index (χ1v) is 5.27. The summed E-state index contributed by atoms with van der Waals surface area (Å²) in [5.41, 5.74) is 1.10. The Labute approximate surface area is 83.8 Å². The molecule has 3 rings (SSSR count). The van der Waals surface area contributed by atoms with E-state index in [0.717, 1.165) is 10.7 Å². The lowest BCUT2D eigenvalue weighted by molar-refractivity contribution is 0.0702. The van der Waals surface area contributed by atoms with Crippen molar-refractivity contribution in [2.75, 3.05) is 0 Å². The second-order valence-corrected chi connectivity index (χ2v) is 4.54. The number of nitrogens with zero attached hydrogens (tertiary/aromatic N) is 2. The van der Waals surface area contributed by atoms with Crippen LogP contribution in [0.3, 0.4) is 0 Å². The van der Waals surface area contributed by atoms with Crippen molar-refractivity contribution in [3.05, 3.63) is 23.0 Å². The molecule has 2 heterocycles. The third-order valence-corrected chi connectivity index (χ3v) is 3.37. The molecule has 1 fully saturated rings. The molecule has 0 spiro atoms. The van der Waals surface area contributed by atoms with Crippen molar-refractivity contribution >= 4 is 22.3 Å². The van der Waals surface area contributed by atoms with Crippen LogP contribution in [0.15, 0.2) is 12.4 Å². The number of aromatic nitrogens is 2. The van der Waals surface area contributed by atoms with Gasteiger partial charge in [0.25, 0.3) is 0 Å². The van der Waals surface area contributed by atoms with E-state index in [1.165, 1.54) is 24.2 Å². The number of carbonyl (C=O) groups is 1. The Morgan fingerprint density at radius 2 is 2.36 bits per heavy atom. The van der Waals surface area contributed by atoms with Gasteiger partial charge in [0, 0.05) is 18.3 Å². The maximum absolute atomic E-state index is 10.7. The summed E-state index contributed by atoms with van der Waals surface area (Å²) in [7, 11) is 0. The summed E-state index contributed by atoms with van der Waals surface area (Å²) < 4.78 is 1.81. The molecule has 1 aliphatic carbocycles. The van der Waals surface area contributed by atoms with E-state index >= 15 is 0 Å². The number of rotatable bonds is 2. The van der Waals surface area contributed by atoms with E-state index in [4.69, 9.17) is 5.11 Å². The van der Waals surface area contributed by atoms with Crippen LogP contribution in [0, 0.1) is 0 Å². The molecule has 4 nitrogen and oxygen atoms in total. The Kier molecular flexibility index (Phi) is 1.47. The predicted octanol–water partition coefficient (Wildman–Crippen LogP) is 1.97. The molecule has 0 bridgehead atoms. The van der Waals surface area contributed by atoms with E-state index in [2.05, 4.69) is 4.98 Å². The molecule has 0 unspecified atom stereocenters. The van der Waals surface area contributed by atoms with E-state index in [1.807, 2.05) is 10.6 Å². The number of carboxylic acids is 1. The zero-order valence-electron chi connectivity index (χ0n) is 7.30. The summed E-state index contributed by atoms with van der Waals surface area (Å²) in [5, 5.41) is 8.76. The monoisotopic (exact) mass is 208 g/mol. The highest BCUT2D eigenvalue weighted by molar-refractivity contribution is 7.18. The summed E-state index contributed by atoms with van der Waals surface area (Å²) in [6, 6.07) is 0. The molecule has 1 aliphatic rings. The first-order valence-electron chi connectivity index (χ1n) is 4.46. The molecule has 0 aliphatic heterocycles. The van der Waals surface area contributed by atoms with Crippen LogP contribution in [0.25, 0.3) is 4.96 Å². The first kappa shape index (κ1) is 7.99. The van der Waals surface area contributed by atoms with Crippen LogP contribution in [0.5, 0.6) is 0 Å². The van der Waals surface area contributed by atoms with Gasteiger partial charge >= 0.3 is 5.97 Å². The highest BCUT2D eigenvalue weighted by Crippen LogP contribution is 2.39. The Hall–Kier alpha value is -1.36. The lowest BCUT2D eigenvalue weighted by atomic mass is 10.3. The molecule has 0 aromatic carbocycles. The van der Waals surface area contributed by atoms with Crippen LogP contribution in [-0.2, 0) is 0 Å². The van der Waals surface area contributed by atoms with E-state index in [9.17, 15) is 4.79 Å². The lowest BCUT2D eigenvalue weighted by Gasteiger charge is -1.85. The van der Waals surface area contributed by atoms with Crippen molar-refractivity contribution in [1.82, 2.24) is 9.38 Å². The van der Waals surface area contributed by atoms with Crippen LogP contribution in [-0.4, -0.2) is 20.5 Å². The molecule has 2 aromatic rings. The summed E-state index contributed by atoms with van der Waals surface area (Å²) in [5.74, 6) is -0.260. The SMILES string of the molecule is O=C(O)c1cn2cc(C3CC3)nc2s1. The van der Waals surface area contributed by atoms with E-state index < -0.39 is 5.97 Å². The Morgan fingerprint density at radius 3 is 2.93 bits per heavy atom. The summed E-state index contributed by atoms with van der Waals surface area (Å²) in [6.07, 6.45) is 6.00. The van der Waals surface area contributed by atoms with Crippen molar-refractivity contribution in [2.45, 2.75) is 18.8 Å². The maximum atomic E-state index is 10.7. The van der Waals surface area contributed by atoms with Gasteiger partial charge in [0.2, 0.25) is 0 Å². The van der Waals surface area contributed by atoms with Crippen LogP contribution in [0.2, 0.25) is 0 Å². The van der Waals surface area contributed by atoms with Crippen LogP contribution >= 0.6 is 11.3 Å². The van der Waals surface area contributed by atoms with Crippen LogP contribution in [0.1, 0.15) is 34.1 Å². The molecule has 5 heteroatoms. The van der Waals surface area contributed by atoms with Gasteiger partial charge in [0.15, 0.2) is 4.96 Å². The normalized spacial score (nSPS) is 16.3. The van der Waals surface area contributed by atoms with Crippen LogP contribution < -0.4 is 0 Å². The minimum absolute atomic E-state index is 0.342. The number of aromatic carboxylic acids is 1. The van der Waals surface area contributed by atoms with Crippen molar-refractivity contribution in [3.8, 4) is 0 Å². The minimum atomic E-state index is -0.881. The highest BCUT2D eigenvalue weighted by atomic mass is 32.1. The molecule has 72 valence electrons. The zero-order chi connectivity index (χ0) is 9.71. The Balaban J connectivity index is 2.09. The minimum Gasteiger partial charge on any atom is -0.477 e. The van der Waals surface area contributed by atoms with Gasteiger partial charge in [-0.1, -0.05) is 11.3 Å². The van der Waals surface area contributed by atoms with Gasteiger partial charge in [-0.15, -0.1) is 0 Å². The maximum Gasteiger partial charge on any atom is 0.347 e. The molecule has 2 aromatic heterocycles. The van der Waals surface area contributed by atoms with Crippen molar-refractivity contribution in [2.24, 2.45) is 0 Å². The van der Waals surface area contributed by atoms with Crippen molar-refractivity contribution in [3.63, 3.8) is 0 Å². The van der Waals surface area contributed by atoms with Gasteiger partial charge in [-0.2, -0.15) is 0 Å². The topological polar surface area (TPSA) is 54.6 Å². The Bertz CT molecular complexity index is 478. The van der Waals surface area contributed by atoms with Gasteiger partial charge in [-0.25, -0.2) is 9.78 Å². The molecular weight excluding hydrogens is 200 g/mol. The van der Waals surface area contributed by atoms with Gasteiger partial charge in [0.1, 0.15) is 4.88 Å². The Morgan fingerprint density at radius 1 is 1.57 bits per heavy atom. The van der Waals surface area contributed by atoms with E-state index in [0.29, 0.717) is 10.8 Å². The van der Waals surface area contributed by atoms with Gasteiger partial charge in [0.05, 0.1) is 5.69 Å². The smallest absolute Gasteiger partial charge is 0.347 e. The number of imidazole rings is 1. The molecular formula is C9H8N2O2S. The number of hydrogen-bond donors (Lipinski definition) is 1. The van der Waals surface area contributed by atoms with Crippen molar-refractivity contribution < 1.29 is 9.90 Å².